The number of ketones is 1. The predicted octanol–water partition coefficient (Wildman–Crippen LogP) is 4.05. The summed E-state index contributed by atoms with van der Waals surface area (Å²) in [6, 6.07) is 0. The number of allylic oxidation sites excluding steroid dienone is 1. The van der Waals surface area contributed by atoms with E-state index in [2.05, 4.69) is 40.7 Å². The summed E-state index contributed by atoms with van der Waals surface area (Å²) in [7, 11) is 0. The number of fused-ring (bicyclic) bond motifs is 4. The molecule has 1 unspecified atom stereocenters. The van der Waals surface area contributed by atoms with Crippen LogP contribution in [0.25, 0.3) is 0 Å². The van der Waals surface area contributed by atoms with Gasteiger partial charge < -0.3 is 9.47 Å². The fourth-order valence-corrected chi connectivity index (χ4v) is 5.03. The Bertz CT molecular complexity index is 581. The Morgan fingerprint density at radius 1 is 1.04 bits per heavy atom. The summed E-state index contributed by atoms with van der Waals surface area (Å²) in [6.07, 6.45) is 7.51. The lowest BCUT2D eigenvalue weighted by Crippen LogP contribution is -2.40. The van der Waals surface area contributed by atoms with Crippen molar-refractivity contribution in [2.24, 2.45) is 17.3 Å². The van der Waals surface area contributed by atoms with Crippen LogP contribution in [0.5, 0.6) is 0 Å². The Morgan fingerprint density at radius 3 is 2.52 bits per heavy atom. The van der Waals surface area contributed by atoms with E-state index in [-0.39, 0.29) is 28.5 Å². The average Bonchev–Trinajstić information content (AvgIpc) is 3.37. The summed E-state index contributed by atoms with van der Waals surface area (Å²) >= 11 is 0. The topological polar surface area (TPSA) is 42.1 Å². The van der Waals surface area contributed by atoms with Crippen LogP contribution >= 0.6 is 0 Å². The standard InChI is InChI=1S/C20H30O3/c1-12-6-7-14-13(2)18(12,3)10-11-19(4)15(22-19)8-9-20(5)17(23-20)16(14)21/h7,12-13,15,17H,6,8-11H2,1-5H3/t12-,13-,15+,17-,18?,19+,20-/m1/s1. The van der Waals surface area contributed by atoms with Crippen LogP contribution in [-0.2, 0) is 14.3 Å². The zero-order valence-corrected chi connectivity index (χ0v) is 15.1. The highest BCUT2D eigenvalue weighted by molar-refractivity contribution is 6.02. The molecular weight excluding hydrogens is 288 g/mol. The lowest BCUT2D eigenvalue weighted by atomic mass is 9.59. The summed E-state index contributed by atoms with van der Waals surface area (Å²) < 4.78 is 11.9. The van der Waals surface area contributed by atoms with Gasteiger partial charge in [0.05, 0.1) is 11.7 Å². The second-order valence-corrected chi connectivity index (χ2v) is 9.16. The molecular formula is C20H30O3. The lowest BCUT2D eigenvalue weighted by Gasteiger charge is -2.45. The van der Waals surface area contributed by atoms with Crippen molar-refractivity contribution in [3.8, 4) is 0 Å². The number of hydrogen-bond acceptors (Lipinski definition) is 3. The maximum absolute atomic E-state index is 13.0. The first-order valence-corrected chi connectivity index (χ1v) is 9.29. The fraction of sp³-hybridized carbons (Fsp3) is 0.850. The largest absolute Gasteiger partial charge is 0.366 e. The molecule has 4 rings (SSSR count). The number of Topliss-reactive ketones (excluding diaryl/α,β-unsaturated/α-hetero) is 1. The van der Waals surface area contributed by atoms with E-state index in [1.54, 1.807) is 0 Å². The molecule has 0 aromatic carbocycles. The first-order valence-electron chi connectivity index (χ1n) is 9.29. The molecule has 0 N–H and O–H groups in total. The maximum Gasteiger partial charge on any atom is 0.190 e. The monoisotopic (exact) mass is 318 g/mol. The summed E-state index contributed by atoms with van der Waals surface area (Å²) in [4.78, 5) is 13.0. The van der Waals surface area contributed by atoms with E-state index in [9.17, 15) is 4.79 Å². The number of epoxide rings is 2. The summed E-state index contributed by atoms with van der Waals surface area (Å²) in [5, 5.41) is 0. The zero-order valence-electron chi connectivity index (χ0n) is 15.1. The molecule has 7 atom stereocenters. The number of carbonyl (C=O) groups excluding carboxylic acids is 1. The van der Waals surface area contributed by atoms with Gasteiger partial charge in [0, 0.05) is 0 Å². The lowest BCUT2D eigenvalue weighted by molar-refractivity contribution is -0.118. The van der Waals surface area contributed by atoms with E-state index < -0.39 is 0 Å². The van der Waals surface area contributed by atoms with Gasteiger partial charge in [-0.3, -0.25) is 4.79 Å². The molecule has 0 aromatic heterocycles. The van der Waals surface area contributed by atoms with Gasteiger partial charge in [-0.15, -0.1) is 0 Å². The Balaban J connectivity index is 1.68. The molecule has 0 spiro atoms. The molecule has 128 valence electrons. The molecule has 3 nitrogen and oxygen atoms in total. The first-order chi connectivity index (χ1) is 10.7. The highest BCUT2D eigenvalue weighted by Gasteiger charge is 2.61. The number of rotatable bonds is 0. The second kappa shape index (κ2) is 4.70. The molecule has 0 aromatic rings. The van der Waals surface area contributed by atoms with Crippen LogP contribution in [0, 0.1) is 17.3 Å². The van der Waals surface area contributed by atoms with Crippen molar-refractivity contribution < 1.29 is 14.3 Å². The quantitative estimate of drug-likeness (QED) is 0.633. The first kappa shape index (κ1) is 15.8. The summed E-state index contributed by atoms with van der Waals surface area (Å²) in [6.45, 7) is 11.3. The van der Waals surface area contributed by atoms with Crippen LogP contribution in [0.1, 0.15) is 66.7 Å². The Hall–Kier alpha value is -0.670. The minimum Gasteiger partial charge on any atom is -0.366 e. The average molecular weight is 318 g/mol. The third kappa shape index (κ3) is 2.26. The van der Waals surface area contributed by atoms with E-state index in [4.69, 9.17) is 9.47 Å². The van der Waals surface area contributed by atoms with Crippen LogP contribution in [0.4, 0.5) is 0 Å². The molecule has 2 heterocycles. The van der Waals surface area contributed by atoms with Crippen LogP contribution in [0.2, 0.25) is 0 Å². The Kier molecular flexibility index (Phi) is 3.23. The van der Waals surface area contributed by atoms with Gasteiger partial charge in [0.2, 0.25) is 0 Å². The molecule has 1 saturated carbocycles. The molecule has 23 heavy (non-hydrogen) atoms. The van der Waals surface area contributed by atoms with E-state index in [0.29, 0.717) is 17.9 Å². The maximum atomic E-state index is 13.0. The third-order valence-corrected chi connectivity index (χ3v) is 7.78. The van der Waals surface area contributed by atoms with Crippen LogP contribution in [-0.4, -0.2) is 29.2 Å². The SMILES string of the molecule is C[C@@H]1CC=C2C(=O)[C@H]3O[C@]3(C)CC[C@@H]3O[C@@]3(C)CCC1(C)[C@@H]2C. The molecule has 0 amide bonds. The summed E-state index contributed by atoms with van der Waals surface area (Å²) in [5.74, 6) is 1.15. The molecule has 2 saturated heterocycles. The van der Waals surface area contributed by atoms with Crippen molar-refractivity contribution in [3.63, 3.8) is 0 Å². The Morgan fingerprint density at radius 2 is 1.78 bits per heavy atom. The minimum absolute atomic E-state index is 0.0493. The van der Waals surface area contributed by atoms with Crippen molar-refractivity contribution in [2.75, 3.05) is 0 Å². The van der Waals surface area contributed by atoms with Gasteiger partial charge in [-0.1, -0.05) is 26.8 Å². The van der Waals surface area contributed by atoms with Gasteiger partial charge in [0.1, 0.15) is 11.7 Å². The molecule has 2 aliphatic heterocycles. The summed E-state index contributed by atoms with van der Waals surface area (Å²) in [5.41, 5.74) is 0.985. The third-order valence-electron chi connectivity index (χ3n) is 7.78. The van der Waals surface area contributed by atoms with Crippen molar-refractivity contribution in [1.29, 1.82) is 0 Å². The predicted molar refractivity (Wildman–Crippen MR) is 89.2 cm³/mol. The van der Waals surface area contributed by atoms with Crippen LogP contribution in [0.3, 0.4) is 0 Å². The van der Waals surface area contributed by atoms with Crippen molar-refractivity contribution >= 4 is 5.78 Å². The van der Waals surface area contributed by atoms with Crippen molar-refractivity contribution in [3.05, 3.63) is 11.6 Å². The van der Waals surface area contributed by atoms with E-state index in [0.717, 1.165) is 37.7 Å². The van der Waals surface area contributed by atoms with Crippen LogP contribution in [0.15, 0.2) is 11.6 Å². The van der Waals surface area contributed by atoms with E-state index in [1.165, 1.54) is 0 Å². The van der Waals surface area contributed by atoms with Crippen molar-refractivity contribution in [2.45, 2.75) is 90.1 Å². The highest BCUT2D eigenvalue weighted by atomic mass is 16.6. The van der Waals surface area contributed by atoms with Gasteiger partial charge in [0.25, 0.3) is 0 Å². The van der Waals surface area contributed by atoms with Gasteiger partial charge in [-0.2, -0.15) is 0 Å². The van der Waals surface area contributed by atoms with Gasteiger partial charge in [0.15, 0.2) is 5.78 Å². The fourth-order valence-electron chi connectivity index (χ4n) is 5.03. The number of carbonyl (C=O) groups is 1. The Labute approximate surface area is 139 Å². The highest BCUT2D eigenvalue weighted by Crippen LogP contribution is 2.55. The normalized spacial score (nSPS) is 55.7. The molecule has 3 fully saturated rings. The molecule has 0 radical (unpaired) electrons. The van der Waals surface area contributed by atoms with Gasteiger partial charge in [-0.25, -0.2) is 0 Å². The van der Waals surface area contributed by atoms with Gasteiger partial charge >= 0.3 is 0 Å². The van der Waals surface area contributed by atoms with E-state index >= 15 is 0 Å². The van der Waals surface area contributed by atoms with Crippen LogP contribution < -0.4 is 0 Å². The molecule has 2 bridgehead atoms. The molecule has 4 aliphatic rings. The second-order valence-electron chi connectivity index (χ2n) is 9.16. The molecule has 2 aliphatic carbocycles. The zero-order chi connectivity index (χ0) is 16.6. The number of hydrogen-bond donors (Lipinski definition) is 0. The van der Waals surface area contributed by atoms with Gasteiger partial charge in [-0.05, 0) is 68.8 Å². The van der Waals surface area contributed by atoms with E-state index in [1.807, 2.05) is 0 Å². The number of ether oxygens (including phenoxy) is 2. The smallest absolute Gasteiger partial charge is 0.190 e. The molecule has 3 heteroatoms. The van der Waals surface area contributed by atoms with Crippen molar-refractivity contribution in [1.82, 2.24) is 0 Å². The minimum atomic E-state index is -0.261.